The molecular formula is C9H5F2N3OS. The van der Waals surface area contributed by atoms with Crippen LogP contribution in [0.1, 0.15) is 10.4 Å². The number of carbonyl (C=O) groups excluding carboxylic acids is 1. The van der Waals surface area contributed by atoms with Gasteiger partial charge in [-0.25, -0.2) is 8.78 Å². The van der Waals surface area contributed by atoms with Gasteiger partial charge in [0.15, 0.2) is 0 Å². The molecule has 0 bridgehead atoms. The van der Waals surface area contributed by atoms with Crippen LogP contribution in [0.2, 0.25) is 0 Å². The number of rotatable bonds is 2. The van der Waals surface area contributed by atoms with Crippen LogP contribution in [0.4, 0.5) is 13.9 Å². The Balaban J connectivity index is 2.28. The van der Waals surface area contributed by atoms with Gasteiger partial charge in [-0.1, -0.05) is 17.4 Å². The summed E-state index contributed by atoms with van der Waals surface area (Å²) in [7, 11) is 0. The fourth-order valence-electron chi connectivity index (χ4n) is 1.10. The van der Waals surface area contributed by atoms with Crippen molar-refractivity contribution in [2.45, 2.75) is 0 Å². The number of benzene rings is 1. The maximum atomic E-state index is 13.2. The molecule has 2 rings (SSSR count). The lowest BCUT2D eigenvalue weighted by Gasteiger charge is -2.03. The maximum absolute atomic E-state index is 13.2. The number of hydrogen-bond donors (Lipinski definition) is 1. The van der Waals surface area contributed by atoms with E-state index in [-0.39, 0.29) is 5.13 Å². The molecular weight excluding hydrogens is 236 g/mol. The summed E-state index contributed by atoms with van der Waals surface area (Å²) in [4.78, 5) is 11.5. The Hall–Kier alpha value is -1.89. The van der Waals surface area contributed by atoms with Gasteiger partial charge >= 0.3 is 0 Å². The number of carbonyl (C=O) groups is 1. The molecule has 0 atom stereocenters. The Kier molecular flexibility index (Phi) is 2.86. The second-order valence-corrected chi connectivity index (χ2v) is 3.63. The van der Waals surface area contributed by atoms with Crippen LogP contribution in [0.15, 0.2) is 23.7 Å². The van der Waals surface area contributed by atoms with Gasteiger partial charge in [0.1, 0.15) is 22.7 Å². The zero-order chi connectivity index (χ0) is 11.5. The van der Waals surface area contributed by atoms with Crippen molar-refractivity contribution in [2.75, 3.05) is 5.32 Å². The van der Waals surface area contributed by atoms with Gasteiger partial charge in [0.25, 0.3) is 5.91 Å². The molecule has 0 radical (unpaired) electrons. The summed E-state index contributed by atoms with van der Waals surface area (Å²) in [6.07, 6.45) is 0. The summed E-state index contributed by atoms with van der Waals surface area (Å²) < 4.78 is 26.4. The van der Waals surface area contributed by atoms with E-state index in [1.54, 1.807) is 0 Å². The van der Waals surface area contributed by atoms with Crippen molar-refractivity contribution in [2.24, 2.45) is 0 Å². The molecule has 0 aliphatic heterocycles. The first kappa shape index (κ1) is 10.6. The first-order chi connectivity index (χ1) is 7.68. The lowest BCUT2D eigenvalue weighted by atomic mass is 10.2. The lowest BCUT2D eigenvalue weighted by Crippen LogP contribution is -2.15. The summed E-state index contributed by atoms with van der Waals surface area (Å²) in [6.45, 7) is 0. The van der Waals surface area contributed by atoms with E-state index in [2.05, 4.69) is 15.5 Å². The SMILES string of the molecule is O=C(Nc1nncs1)c1c(F)cccc1F. The van der Waals surface area contributed by atoms with Crippen LogP contribution < -0.4 is 5.32 Å². The molecule has 1 heterocycles. The van der Waals surface area contributed by atoms with Crippen molar-refractivity contribution in [1.82, 2.24) is 10.2 Å². The minimum absolute atomic E-state index is 0.188. The van der Waals surface area contributed by atoms with E-state index in [9.17, 15) is 13.6 Å². The van der Waals surface area contributed by atoms with E-state index in [4.69, 9.17) is 0 Å². The second kappa shape index (κ2) is 4.31. The molecule has 0 spiro atoms. The zero-order valence-electron chi connectivity index (χ0n) is 7.78. The standard InChI is InChI=1S/C9H5F2N3OS/c10-5-2-1-3-6(11)7(5)8(15)13-9-14-12-4-16-9/h1-4H,(H,13,14,15). The van der Waals surface area contributed by atoms with Crippen molar-refractivity contribution in [3.63, 3.8) is 0 Å². The predicted octanol–water partition coefficient (Wildman–Crippen LogP) is 2.07. The number of hydrogen-bond acceptors (Lipinski definition) is 4. The van der Waals surface area contributed by atoms with Crippen molar-refractivity contribution in [1.29, 1.82) is 0 Å². The fraction of sp³-hybridized carbons (Fsp3) is 0. The molecule has 1 N–H and O–H groups in total. The van der Waals surface area contributed by atoms with E-state index in [1.807, 2.05) is 0 Å². The highest BCUT2D eigenvalue weighted by Gasteiger charge is 2.17. The minimum Gasteiger partial charge on any atom is -0.296 e. The van der Waals surface area contributed by atoms with E-state index in [1.165, 1.54) is 11.6 Å². The maximum Gasteiger partial charge on any atom is 0.263 e. The second-order valence-electron chi connectivity index (χ2n) is 2.79. The molecule has 7 heteroatoms. The number of aromatic nitrogens is 2. The highest BCUT2D eigenvalue weighted by molar-refractivity contribution is 7.13. The molecule has 1 aromatic carbocycles. The molecule has 0 saturated carbocycles. The van der Waals surface area contributed by atoms with Crippen LogP contribution in [0.5, 0.6) is 0 Å². The van der Waals surface area contributed by atoms with E-state index < -0.39 is 23.1 Å². The first-order valence-electron chi connectivity index (χ1n) is 4.20. The third kappa shape index (κ3) is 2.03. The Bertz CT molecular complexity index is 495. The summed E-state index contributed by atoms with van der Waals surface area (Å²) in [5, 5.41) is 9.45. The number of nitrogens with zero attached hydrogens (tertiary/aromatic N) is 2. The molecule has 0 aliphatic carbocycles. The summed E-state index contributed by atoms with van der Waals surface area (Å²) in [5.41, 5.74) is 0.769. The fourth-order valence-corrected chi connectivity index (χ4v) is 1.54. The molecule has 2 aromatic rings. The summed E-state index contributed by atoms with van der Waals surface area (Å²) in [6, 6.07) is 3.21. The van der Waals surface area contributed by atoms with Gasteiger partial charge in [-0.05, 0) is 12.1 Å². The highest BCUT2D eigenvalue weighted by Crippen LogP contribution is 2.15. The smallest absolute Gasteiger partial charge is 0.263 e. The summed E-state index contributed by atoms with van der Waals surface area (Å²) in [5.74, 6) is -2.71. The molecule has 0 saturated heterocycles. The zero-order valence-corrected chi connectivity index (χ0v) is 8.59. The van der Waals surface area contributed by atoms with Crippen molar-refractivity contribution < 1.29 is 13.6 Å². The molecule has 0 aliphatic rings. The van der Waals surface area contributed by atoms with Crippen LogP contribution >= 0.6 is 11.3 Å². The van der Waals surface area contributed by atoms with Gasteiger partial charge in [0.05, 0.1) is 0 Å². The molecule has 4 nitrogen and oxygen atoms in total. The molecule has 0 fully saturated rings. The van der Waals surface area contributed by atoms with E-state index in [0.717, 1.165) is 23.5 Å². The first-order valence-corrected chi connectivity index (χ1v) is 5.08. The molecule has 0 unspecified atom stereocenters. The van der Waals surface area contributed by atoms with Crippen molar-refractivity contribution >= 4 is 22.4 Å². The van der Waals surface area contributed by atoms with Crippen molar-refractivity contribution in [3.05, 3.63) is 40.9 Å². The Morgan fingerprint density at radius 2 is 2.00 bits per heavy atom. The third-order valence-corrected chi connectivity index (χ3v) is 2.38. The van der Waals surface area contributed by atoms with Gasteiger partial charge in [-0.15, -0.1) is 10.2 Å². The average molecular weight is 241 g/mol. The van der Waals surface area contributed by atoms with Gasteiger partial charge < -0.3 is 0 Å². The van der Waals surface area contributed by atoms with Gasteiger partial charge in [-0.2, -0.15) is 0 Å². The number of amides is 1. The topological polar surface area (TPSA) is 54.9 Å². The Labute approximate surface area is 92.9 Å². The number of nitrogens with one attached hydrogen (secondary N) is 1. The van der Waals surface area contributed by atoms with E-state index >= 15 is 0 Å². The van der Waals surface area contributed by atoms with Crippen molar-refractivity contribution in [3.8, 4) is 0 Å². The Morgan fingerprint density at radius 3 is 2.56 bits per heavy atom. The molecule has 82 valence electrons. The highest BCUT2D eigenvalue weighted by atomic mass is 32.1. The number of halogens is 2. The van der Waals surface area contributed by atoms with E-state index in [0.29, 0.717) is 0 Å². The normalized spacial score (nSPS) is 10.1. The molecule has 16 heavy (non-hydrogen) atoms. The predicted molar refractivity (Wildman–Crippen MR) is 54.2 cm³/mol. The quantitative estimate of drug-likeness (QED) is 0.875. The third-order valence-electron chi connectivity index (χ3n) is 1.77. The van der Waals surface area contributed by atoms with Gasteiger partial charge in [0, 0.05) is 0 Å². The van der Waals surface area contributed by atoms with Crippen LogP contribution in [-0.4, -0.2) is 16.1 Å². The lowest BCUT2D eigenvalue weighted by molar-refractivity contribution is 0.101. The molecule has 1 amide bonds. The van der Waals surface area contributed by atoms with Gasteiger partial charge in [0.2, 0.25) is 5.13 Å². The van der Waals surface area contributed by atoms with Crippen LogP contribution in [-0.2, 0) is 0 Å². The van der Waals surface area contributed by atoms with Crippen LogP contribution in [0.25, 0.3) is 0 Å². The Morgan fingerprint density at radius 1 is 1.31 bits per heavy atom. The van der Waals surface area contributed by atoms with Crippen LogP contribution in [0, 0.1) is 11.6 Å². The number of anilines is 1. The van der Waals surface area contributed by atoms with Crippen LogP contribution in [0.3, 0.4) is 0 Å². The van der Waals surface area contributed by atoms with Gasteiger partial charge in [-0.3, -0.25) is 10.1 Å². The molecule has 1 aromatic heterocycles. The minimum atomic E-state index is -0.915. The monoisotopic (exact) mass is 241 g/mol. The average Bonchev–Trinajstić information content (AvgIpc) is 2.70. The largest absolute Gasteiger partial charge is 0.296 e. The summed E-state index contributed by atoms with van der Waals surface area (Å²) >= 11 is 1.06.